The monoisotopic (exact) mass is 225 g/mol. The lowest BCUT2D eigenvalue weighted by atomic mass is 10.2. The van der Waals surface area contributed by atoms with E-state index in [0.29, 0.717) is 6.42 Å². The van der Waals surface area contributed by atoms with Crippen LogP contribution >= 0.6 is 11.6 Å². The highest BCUT2D eigenvalue weighted by Crippen LogP contribution is 2.08. The number of carbonyl (C=O) groups is 1. The van der Waals surface area contributed by atoms with Crippen LogP contribution < -0.4 is 5.32 Å². The molecule has 2 nitrogen and oxygen atoms in total. The van der Waals surface area contributed by atoms with Crippen LogP contribution in [0.3, 0.4) is 0 Å². The first-order chi connectivity index (χ1) is 7.18. The van der Waals surface area contributed by atoms with Crippen LogP contribution in [0.15, 0.2) is 24.3 Å². The number of nitrogens with one attached hydrogen (secondary N) is 1. The summed E-state index contributed by atoms with van der Waals surface area (Å²) >= 11 is 5.77. The highest BCUT2D eigenvalue weighted by Gasteiger charge is 1.94. The first-order valence-corrected chi connectivity index (χ1v) is 5.51. The Balaban J connectivity index is 2.15. The number of carbonyl (C=O) groups excluding carboxylic acids is 1. The maximum atomic E-state index is 10.7. The lowest BCUT2D eigenvalue weighted by molar-refractivity contribution is -0.117. The number of ketones is 1. The summed E-state index contributed by atoms with van der Waals surface area (Å²) in [7, 11) is 0. The molecule has 0 saturated heterocycles. The SMILES string of the molecule is CC(=O)CCCNCc1ccc(Cl)cc1. The molecule has 82 valence electrons. The quantitative estimate of drug-likeness (QED) is 0.755. The Bertz CT molecular complexity index is 308. The van der Waals surface area contributed by atoms with Crippen molar-refractivity contribution < 1.29 is 4.79 Å². The summed E-state index contributed by atoms with van der Waals surface area (Å²) in [5, 5.41) is 4.04. The summed E-state index contributed by atoms with van der Waals surface area (Å²) in [4.78, 5) is 10.7. The Morgan fingerprint density at radius 1 is 1.33 bits per heavy atom. The maximum absolute atomic E-state index is 10.7. The lowest BCUT2D eigenvalue weighted by Crippen LogP contribution is -2.15. The van der Waals surface area contributed by atoms with Crippen LogP contribution in [0.1, 0.15) is 25.3 Å². The van der Waals surface area contributed by atoms with Gasteiger partial charge in [0.05, 0.1) is 0 Å². The molecule has 0 heterocycles. The fourth-order valence-electron chi connectivity index (χ4n) is 1.30. The summed E-state index contributed by atoms with van der Waals surface area (Å²) in [6.07, 6.45) is 1.57. The molecule has 1 aromatic carbocycles. The van der Waals surface area contributed by atoms with E-state index in [0.717, 1.165) is 24.5 Å². The summed E-state index contributed by atoms with van der Waals surface area (Å²) in [6.45, 7) is 3.33. The highest BCUT2D eigenvalue weighted by atomic mass is 35.5. The second kappa shape index (κ2) is 6.59. The molecule has 0 aliphatic rings. The number of halogens is 1. The van der Waals surface area contributed by atoms with E-state index in [-0.39, 0.29) is 5.78 Å². The zero-order chi connectivity index (χ0) is 11.1. The van der Waals surface area contributed by atoms with Gasteiger partial charge in [0.25, 0.3) is 0 Å². The normalized spacial score (nSPS) is 10.3. The molecule has 0 aliphatic heterocycles. The highest BCUT2D eigenvalue weighted by molar-refractivity contribution is 6.30. The first-order valence-electron chi connectivity index (χ1n) is 5.13. The molecule has 1 N–H and O–H groups in total. The van der Waals surface area contributed by atoms with E-state index in [1.54, 1.807) is 6.92 Å². The zero-order valence-electron chi connectivity index (χ0n) is 8.92. The van der Waals surface area contributed by atoms with Crippen LogP contribution in [-0.4, -0.2) is 12.3 Å². The Kier molecular flexibility index (Phi) is 5.37. The molecule has 1 aromatic rings. The minimum Gasteiger partial charge on any atom is -0.313 e. The van der Waals surface area contributed by atoms with Gasteiger partial charge in [-0.25, -0.2) is 0 Å². The number of hydrogen-bond acceptors (Lipinski definition) is 2. The van der Waals surface area contributed by atoms with Gasteiger partial charge in [0.2, 0.25) is 0 Å². The topological polar surface area (TPSA) is 29.1 Å². The molecule has 0 spiro atoms. The zero-order valence-corrected chi connectivity index (χ0v) is 9.68. The standard InChI is InChI=1S/C12H16ClNO/c1-10(15)3-2-8-14-9-11-4-6-12(13)7-5-11/h4-7,14H,2-3,8-9H2,1H3. The Labute approximate surface area is 95.6 Å². The minimum atomic E-state index is 0.253. The molecule has 0 fully saturated rings. The Morgan fingerprint density at radius 3 is 2.60 bits per heavy atom. The van der Waals surface area contributed by atoms with E-state index in [1.165, 1.54) is 5.56 Å². The lowest BCUT2D eigenvalue weighted by Gasteiger charge is -2.03. The molecular formula is C12H16ClNO. The molecule has 0 unspecified atom stereocenters. The van der Waals surface area contributed by atoms with Gasteiger partial charge in [-0.2, -0.15) is 0 Å². The smallest absolute Gasteiger partial charge is 0.129 e. The third-order valence-electron chi connectivity index (χ3n) is 2.12. The molecule has 0 atom stereocenters. The predicted octanol–water partition coefficient (Wildman–Crippen LogP) is 2.80. The van der Waals surface area contributed by atoms with Gasteiger partial charge in [-0.3, -0.25) is 0 Å². The molecule has 3 heteroatoms. The van der Waals surface area contributed by atoms with Crippen LogP contribution in [0.5, 0.6) is 0 Å². The summed E-state index contributed by atoms with van der Waals surface area (Å²) in [5.74, 6) is 0.253. The fraction of sp³-hybridized carbons (Fsp3) is 0.417. The van der Waals surface area contributed by atoms with Crippen molar-refractivity contribution in [3.63, 3.8) is 0 Å². The van der Waals surface area contributed by atoms with Gasteiger partial charge in [-0.05, 0) is 37.6 Å². The Hall–Kier alpha value is -0.860. The fourth-order valence-corrected chi connectivity index (χ4v) is 1.42. The summed E-state index contributed by atoms with van der Waals surface area (Å²) < 4.78 is 0. The molecule has 0 aromatic heterocycles. The Morgan fingerprint density at radius 2 is 2.00 bits per heavy atom. The van der Waals surface area contributed by atoms with Crippen LogP contribution in [0.4, 0.5) is 0 Å². The number of rotatable bonds is 6. The second-order valence-corrected chi connectivity index (χ2v) is 4.05. The van der Waals surface area contributed by atoms with E-state index < -0.39 is 0 Å². The minimum absolute atomic E-state index is 0.253. The molecule has 0 amide bonds. The van der Waals surface area contributed by atoms with Crippen molar-refractivity contribution in [2.75, 3.05) is 6.54 Å². The van der Waals surface area contributed by atoms with E-state index in [4.69, 9.17) is 11.6 Å². The van der Waals surface area contributed by atoms with E-state index in [9.17, 15) is 4.79 Å². The van der Waals surface area contributed by atoms with Crippen molar-refractivity contribution >= 4 is 17.4 Å². The second-order valence-electron chi connectivity index (χ2n) is 3.61. The number of benzene rings is 1. The average molecular weight is 226 g/mol. The molecule has 1 rings (SSSR count). The summed E-state index contributed by atoms with van der Waals surface area (Å²) in [6, 6.07) is 7.77. The van der Waals surface area contributed by atoms with Crippen molar-refractivity contribution in [2.45, 2.75) is 26.3 Å². The molecule has 0 radical (unpaired) electrons. The molecule has 0 saturated carbocycles. The largest absolute Gasteiger partial charge is 0.313 e. The maximum Gasteiger partial charge on any atom is 0.129 e. The van der Waals surface area contributed by atoms with E-state index >= 15 is 0 Å². The first kappa shape index (κ1) is 12.2. The molecule has 15 heavy (non-hydrogen) atoms. The van der Waals surface area contributed by atoms with Gasteiger partial charge in [-0.1, -0.05) is 23.7 Å². The molecular weight excluding hydrogens is 210 g/mol. The van der Waals surface area contributed by atoms with Gasteiger partial charge in [0.1, 0.15) is 5.78 Å². The van der Waals surface area contributed by atoms with Crippen LogP contribution in [-0.2, 0) is 11.3 Å². The van der Waals surface area contributed by atoms with Gasteiger partial charge < -0.3 is 10.1 Å². The molecule has 0 bridgehead atoms. The van der Waals surface area contributed by atoms with Crippen molar-refractivity contribution in [3.05, 3.63) is 34.9 Å². The van der Waals surface area contributed by atoms with Crippen molar-refractivity contribution in [1.29, 1.82) is 0 Å². The van der Waals surface area contributed by atoms with Crippen LogP contribution in [0.2, 0.25) is 5.02 Å². The average Bonchev–Trinajstić information content (AvgIpc) is 2.20. The number of Topliss-reactive ketones (excluding diaryl/α,β-unsaturated/α-hetero) is 1. The third-order valence-corrected chi connectivity index (χ3v) is 2.38. The van der Waals surface area contributed by atoms with Crippen molar-refractivity contribution in [3.8, 4) is 0 Å². The van der Waals surface area contributed by atoms with E-state index in [1.807, 2.05) is 24.3 Å². The number of hydrogen-bond donors (Lipinski definition) is 1. The van der Waals surface area contributed by atoms with Crippen LogP contribution in [0, 0.1) is 0 Å². The van der Waals surface area contributed by atoms with Gasteiger partial charge in [-0.15, -0.1) is 0 Å². The summed E-state index contributed by atoms with van der Waals surface area (Å²) in [5.41, 5.74) is 1.21. The van der Waals surface area contributed by atoms with Crippen molar-refractivity contribution in [2.24, 2.45) is 0 Å². The van der Waals surface area contributed by atoms with Crippen LogP contribution in [0.25, 0.3) is 0 Å². The van der Waals surface area contributed by atoms with Gasteiger partial charge in [0, 0.05) is 18.0 Å². The third kappa shape index (κ3) is 5.55. The molecule has 0 aliphatic carbocycles. The van der Waals surface area contributed by atoms with E-state index in [2.05, 4.69) is 5.32 Å². The van der Waals surface area contributed by atoms with Gasteiger partial charge in [0.15, 0.2) is 0 Å². The van der Waals surface area contributed by atoms with Gasteiger partial charge >= 0.3 is 0 Å². The van der Waals surface area contributed by atoms with Crippen molar-refractivity contribution in [1.82, 2.24) is 5.32 Å². The predicted molar refractivity (Wildman–Crippen MR) is 63.1 cm³/mol.